The van der Waals surface area contributed by atoms with Crippen molar-refractivity contribution in [3.8, 4) is 0 Å². The minimum Gasteiger partial charge on any atom is -0.390 e. The predicted molar refractivity (Wildman–Crippen MR) is 46.8 cm³/mol. The summed E-state index contributed by atoms with van der Waals surface area (Å²) in [5.41, 5.74) is 0. The van der Waals surface area contributed by atoms with Gasteiger partial charge in [0.2, 0.25) is 0 Å². The van der Waals surface area contributed by atoms with E-state index in [-0.39, 0.29) is 5.92 Å². The molecule has 1 fully saturated rings. The van der Waals surface area contributed by atoms with E-state index in [1.165, 1.54) is 6.92 Å². The van der Waals surface area contributed by atoms with Crippen LogP contribution in [0.25, 0.3) is 0 Å². The van der Waals surface area contributed by atoms with Crippen LogP contribution in [0.1, 0.15) is 19.8 Å². The number of hydrogen-bond acceptors (Lipinski definition) is 2. The summed E-state index contributed by atoms with van der Waals surface area (Å²) < 4.78 is 13.3. The van der Waals surface area contributed by atoms with Crippen LogP contribution < -0.4 is 0 Å². The lowest BCUT2D eigenvalue weighted by atomic mass is 9.91. The lowest BCUT2D eigenvalue weighted by Crippen LogP contribution is -2.40. The average molecular weight is 175 g/mol. The normalized spacial score (nSPS) is 31.5. The Bertz CT molecular complexity index is 140. The summed E-state index contributed by atoms with van der Waals surface area (Å²) in [6.45, 7) is 3.37. The van der Waals surface area contributed by atoms with E-state index in [1.807, 2.05) is 7.05 Å². The molecule has 0 amide bonds. The third-order valence-corrected chi connectivity index (χ3v) is 2.57. The van der Waals surface area contributed by atoms with Crippen LogP contribution in [-0.4, -0.2) is 42.4 Å². The molecule has 3 atom stereocenters. The van der Waals surface area contributed by atoms with Crippen LogP contribution >= 0.6 is 0 Å². The van der Waals surface area contributed by atoms with Crippen molar-refractivity contribution in [3.63, 3.8) is 0 Å². The van der Waals surface area contributed by atoms with Gasteiger partial charge in [0.05, 0.1) is 6.10 Å². The highest BCUT2D eigenvalue weighted by Crippen LogP contribution is 2.22. The first-order valence-corrected chi connectivity index (χ1v) is 4.62. The average Bonchev–Trinajstić information content (AvgIpc) is 2.03. The Hall–Kier alpha value is -0.150. The van der Waals surface area contributed by atoms with E-state index in [0.717, 1.165) is 25.9 Å². The van der Waals surface area contributed by atoms with Gasteiger partial charge in [-0.2, -0.15) is 0 Å². The molecule has 1 rings (SSSR count). The molecule has 72 valence electrons. The van der Waals surface area contributed by atoms with Gasteiger partial charge in [-0.05, 0) is 33.4 Å². The van der Waals surface area contributed by atoms with Crippen molar-refractivity contribution in [1.82, 2.24) is 4.90 Å². The number of hydrogen-bond donors (Lipinski definition) is 1. The van der Waals surface area contributed by atoms with Gasteiger partial charge in [0.25, 0.3) is 0 Å². The molecule has 3 unspecified atom stereocenters. The Morgan fingerprint density at radius 3 is 2.75 bits per heavy atom. The number of halogens is 1. The topological polar surface area (TPSA) is 23.5 Å². The van der Waals surface area contributed by atoms with Crippen molar-refractivity contribution in [2.75, 3.05) is 20.1 Å². The summed E-state index contributed by atoms with van der Waals surface area (Å²) >= 11 is 0. The monoisotopic (exact) mass is 175 g/mol. The first-order chi connectivity index (χ1) is 5.61. The van der Waals surface area contributed by atoms with Crippen molar-refractivity contribution in [2.45, 2.75) is 32.0 Å². The van der Waals surface area contributed by atoms with Crippen molar-refractivity contribution in [3.05, 3.63) is 0 Å². The molecule has 0 radical (unpaired) electrons. The number of alkyl halides is 1. The Morgan fingerprint density at radius 1 is 1.58 bits per heavy atom. The standard InChI is InChI=1S/C9H18FNO/c1-7(12)9(10)8-4-3-5-11(2)6-8/h7-9,12H,3-6H2,1-2H3. The lowest BCUT2D eigenvalue weighted by molar-refractivity contribution is 0.0277. The van der Waals surface area contributed by atoms with Crippen LogP contribution in [0.15, 0.2) is 0 Å². The number of piperidine rings is 1. The van der Waals surface area contributed by atoms with Crippen molar-refractivity contribution in [1.29, 1.82) is 0 Å². The smallest absolute Gasteiger partial charge is 0.130 e. The molecule has 0 bridgehead atoms. The SMILES string of the molecule is CC(O)C(F)C1CCCN(C)C1. The minimum atomic E-state index is -1.05. The van der Waals surface area contributed by atoms with E-state index >= 15 is 0 Å². The zero-order chi connectivity index (χ0) is 9.14. The van der Waals surface area contributed by atoms with Crippen LogP contribution in [-0.2, 0) is 0 Å². The summed E-state index contributed by atoms with van der Waals surface area (Å²) in [6.07, 6.45) is 0.0966. The summed E-state index contributed by atoms with van der Waals surface area (Å²) in [4.78, 5) is 2.13. The molecule has 1 aliphatic heterocycles. The van der Waals surface area contributed by atoms with E-state index in [4.69, 9.17) is 5.11 Å². The molecule has 3 heteroatoms. The molecule has 1 heterocycles. The van der Waals surface area contributed by atoms with Gasteiger partial charge in [-0.25, -0.2) is 4.39 Å². The molecule has 1 aliphatic rings. The van der Waals surface area contributed by atoms with E-state index in [2.05, 4.69) is 4.90 Å². The van der Waals surface area contributed by atoms with Crippen LogP contribution in [0.4, 0.5) is 4.39 Å². The van der Waals surface area contributed by atoms with Crippen LogP contribution in [0.5, 0.6) is 0 Å². The Morgan fingerprint density at radius 2 is 2.25 bits per heavy atom. The molecule has 0 aromatic heterocycles. The first-order valence-electron chi connectivity index (χ1n) is 4.62. The zero-order valence-corrected chi connectivity index (χ0v) is 7.83. The maximum Gasteiger partial charge on any atom is 0.130 e. The molecule has 1 N–H and O–H groups in total. The van der Waals surface area contributed by atoms with Gasteiger partial charge in [0, 0.05) is 12.5 Å². The number of aliphatic hydroxyl groups excluding tert-OH is 1. The third-order valence-electron chi connectivity index (χ3n) is 2.57. The zero-order valence-electron chi connectivity index (χ0n) is 7.83. The molecule has 0 saturated carbocycles. The molecular formula is C9H18FNO. The largest absolute Gasteiger partial charge is 0.390 e. The van der Waals surface area contributed by atoms with E-state index in [0.29, 0.717) is 0 Å². The van der Waals surface area contributed by atoms with Crippen molar-refractivity contribution in [2.24, 2.45) is 5.92 Å². The predicted octanol–water partition coefficient (Wildman–Crippen LogP) is 1.05. The van der Waals surface area contributed by atoms with Gasteiger partial charge < -0.3 is 10.0 Å². The molecule has 0 aliphatic carbocycles. The quantitative estimate of drug-likeness (QED) is 0.678. The van der Waals surface area contributed by atoms with E-state index in [1.54, 1.807) is 0 Å². The van der Waals surface area contributed by atoms with Gasteiger partial charge in [-0.15, -0.1) is 0 Å². The molecule has 0 aromatic carbocycles. The summed E-state index contributed by atoms with van der Waals surface area (Å²) in [7, 11) is 2.00. The fourth-order valence-electron chi connectivity index (χ4n) is 1.86. The second-order valence-electron chi connectivity index (χ2n) is 3.85. The van der Waals surface area contributed by atoms with E-state index in [9.17, 15) is 4.39 Å². The second kappa shape index (κ2) is 4.19. The number of nitrogens with zero attached hydrogens (tertiary/aromatic N) is 1. The molecule has 12 heavy (non-hydrogen) atoms. The van der Waals surface area contributed by atoms with Crippen molar-refractivity contribution >= 4 is 0 Å². The third kappa shape index (κ3) is 2.42. The Kier molecular flexibility index (Phi) is 3.47. The molecule has 0 aromatic rings. The van der Waals surface area contributed by atoms with Crippen LogP contribution in [0.2, 0.25) is 0 Å². The maximum absolute atomic E-state index is 13.3. The fourth-order valence-corrected chi connectivity index (χ4v) is 1.86. The first kappa shape index (κ1) is 9.93. The highest BCUT2D eigenvalue weighted by atomic mass is 19.1. The maximum atomic E-state index is 13.3. The minimum absolute atomic E-state index is 0.0312. The van der Waals surface area contributed by atoms with Gasteiger partial charge in [-0.3, -0.25) is 0 Å². The van der Waals surface area contributed by atoms with Crippen molar-refractivity contribution < 1.29 is 9.50 Å². The number of aliphatic hydroxyl groups is 1. The highest BCUT2D eigenvalue weighted by Gasteiger charge is 2.28. The van der Waals surface area contributed by atoms with Gasteiger partial charge in [-0.1, -0.05) is 0 Å². The Labute approximate surface area is 73.4 Å². The highest BCUT2D eigenvalue weighted by molar-refractivity contribution is 4.79. The number of likely N-dealkylation sites (tertiary alicyclic amines) is 1. The summed E-state index contributed by atoms with van der Waals surface area (Å²) in [6, 6.07) is 0. The fraction of sp³-hybridized carbons (Fsp3) is 1.00. The number of rotatable bonds is 2. The van der Waals surface area contributed by atoms with Gasteiger partial charge in [0.1, 0.15) is 6.17 Å². The summed E-state index contributed by atoms with van der Waals surface area (Å²) in [5.74, 6) is 0.0312. The van der Waals surface area contributed by atoms with Gasteiger partial charge in [0.15, 0.2) is 0 Å². The molecular weight excluding hydrogens is 157 g/mol. The van der Waals surface area contributed by atoms with E-state index < -0.39 is 12.3 Å². The van der Waals surface area contributed by atoms with Gasteiger partial charge >= 0.3 is 0 Å². The van der Waals surface area contributed by atoms with Crippen LogP contribution in [0, 0.1) is 5.92 Å². The molecule has 2 nitrogen and oxygen atoms in total. The lowest BCUT2D eigenvalue weighted by Gasteiger charge is -2.32. The van der Waals surface area contributed by atoms with Crippen LogP contribution in [0.3, 0.4) is 0 Å². The summed E-state index contributed by atoms with van der Waals surface area (Å²) in [5, 5.41) is 9.07. The molecule has 1 saturated heterocycles. The molecule has 0 spiro atoms. The Balaban J connectivity index is 2.40. The second-order valence-corrected chi connectivity index (χ2v) is 3.85.